The zero-order valence-electron chi connectivity index (χ0n) is 11.3. The molecular formula is C17H16O3. The number of allylic oxidation sites excluding steroid dienone is 1. The fourth-order valence-electron chi connectivity index (χ4n) is 1.71. The molecule has 0 atom stereocenters. The molecule has 102 valence electrons. The molecule has 0 aliphatic heterocycles. The van der Waals surface area contributed by atoms with Gasteiger partial charge in [0.1, 0.15) is 24.4 Å². The summed E-state index contributed by atoms with van der Waals surface area (Å²) < 4.78 is 10.8. The van der Waals surface area contributed by atoms with E-state index in [4.69, 9.17) is 9.47 Å². The molecule has 0 saturated heterocycles. The Hall–Kier alpha value is -2.55. The zero-order valence-corrected chi connectivity index (χ0v) is 11.3. The summed E-state index contributed by atoms with van der Waals surface area (Å²) in [6.45, 7) is 0.507. The van der Waals surface area contributed by atoms with Crippen LogP contribution in [0.25, 0.3) is 6.08 Å². The quantitative estimate of drug-likeness (QED) is 0.594. The van der Waals surface area contributed by atoms with Crippen LogP contribution >= 0.6 is 0 Å². The minimum absolute atomic E-state index is 0.507. The predicted octanol–water partition coefficient (Wildman–Crippen LogP) is 3.49. The average Bonchev–Trinajstić information content (AvgIpc) is 2.52. The van der Waals surface area contributed by atoms with Crippen LogP contribution in [0.2, 0.25) is 0 Å². The van der Waals surface area contributed by atoms with Crippen molar-refractivity contribution in [3.8, 4) is 11.5 Å². The lowest BCUT2D eigenvalue weighted by Gasteiger charge is -2.07. The molecule has 2 rings (SSSR count). The monoisotopic (exact) mass is 268 g/mol. The number of methoxy groups -OCH3 is 1. The number of aldehydes is 1. The highest BCUT2D eigenvalue weighted by atomic mass is 16.5. The van der Waals surface area contributed by atoms with E-state index in [1.54, 1.807) is 13.2 Å². The molecule has 0 spiro atoms. The van der Waals surface area contributed by atoms with Crippen molar-refractivity contribution in [2.75, 3.05) is 7.11 Å². The Bertz CT molecular complexity index is 568. The van der Waals surface area contributed by atoms with E-state index >= 15 is 0 Å². The number of rotatable bonds is 6. The molecule has 3 nitrogen and oxygen atoms in total. The van der Waals surface area contributed by atoms with E-state index in [9.17, 15) is 4.79 Å². The number of hydrogen-bond donors (Lipinski definition) is 0. The maximum atomic E-state index is 10.2. The molecule has 0 aliphatic carbocycles. The number of carbonyl (C=O) groups is 1. The third-order valence-corrected chi connectivity index (χ3v) is 2.81. The minimum Gasteiger partial charge on any atom is -0.497 e. The van der Waals surface area contributed by atoms with Crippen molar-refractivity contribution in [3.05, 3.63) is 65.7 Å². The molecule has 0 radical (unpaired) electrons. The van der Waals surface area contributed by atoms with Crippen LogP contribution in [-0.2, 0) is 11.4 Å². The van der Waals surface area contributed by atoms with Gasteiger partial charge in [-0.3, -0.25) is 4.79 Å². The molecule has 0 aliphatic rings. The van der Waals surface area contributed by atoms with E-state index in [-0.39, 0.29) is 0 Å². The van der Waals surface area contributed by atoms with Crippen LogP contribution in [0.1, 0.15) is 11.1 Å². The maximum absolute atomic E-state index is 10.2. The maximum Gasteiger partial charge on any atom is 0.142 e. The number of benzene rings is 2. The summed E-state index contributed by atoms with van der Waals surface area (Å²) in [6.07, 6.45) is 3.97. The fourth-order valence-corrected chi connectivity index (χ4v) is 1.71. The SMILES string of the molecule is COc1ccc(COc2ccc(/C=C/C=O)cc2)cc1. The van der Waals surface area contributed by atoms with Gasteiger partial charge in [0.25, 0.3) is 0 Å². The van der Waals surface area contributed by atoms with Crippen molar-refractivity contribution in [1.82, 2.24) is 0 Å². The van der Waals surface area contributed by atoms with Crippen molar-refractivity contribution in [2.24, 2.45) is 0 Å². The van der Waals surface area contributed by atoms with E-state index in [1.807, 2.05) is 48.5 Å². The Morgan fingerprint density at radius 3 is 2.20 bits per heavy atom. The molecule has 0 N–H and O–H groups in total. The van der Waals surface area contributed by atoms with Gasteiger partial charge < -0.3 is 9.47 Å². The van der Waals surface area contributed by atoms with Crippen LogP contribution in [0.5, 0.6) is 11.5 Å². The molecule has 0 saturated carbocycles. The second-order valence-electron chi connectivity index (χ2n) is 4.20. The molecular weight excluding hydrogens is 252 g/mol. The molecule has 3 heteroatoms. The van der Waals surface area contributed by atoms with Crippen molar-refractivity contribution >= 4 is 12.4 Å². The predicted molar refractivity (Wildman–Crippen MR) is 78.9 cm³/mol. The largest absolute Gasteiger partial charge is 0.497 e. The first-order chi connectivity index (χ1) is 9.81. The summed E-state index contributed by atoms with van der Waals surface area (Å²) in [5, 5.41) is 0. The topological polar surface area (TPSA) is 35.5 Å². The highest BCUT2D eigenvalue weighted by molar-refractivity contribution is 5.73. The van der Waals surface area contributed by atoms with Gasteiger partial charge in [-0.1, -0.05) is 30.3 Å². The highest BCUT2D eigenvalue weighted by Gasteiger charge is 1.97. The highest BCUT2D eigenvalue weighted by Crippen LogP contribution is 2.16. The molecule has 0 aromatic heterocycles. The van der Waals surface area contributed by atoms with Crippen LogP contribution in [0.3, 0.4) is 0 Å². The molecule has 0 fully saturated rings. The Kier molecular flexibility index (Phi) is 4.95. The van der Waals surface area contributed by atoms with E-state index in [0.29, 0.717) is 6.61 Å². The van der Waals surface area contributed by atoms with Gasteiger partial charge in [0, 0.05) is 0 Å². The van der Waals surface area contributed by atoms with Gasteiger partial charge in [0.15, 0.2) is 0 Å². The van der Waals surface area contributed by atoms with Crippen molar-refractivity contribution in [1.29, 1.82) is 0 Å². The Morgan fingerprint density at radius 2 is 1.60 bits per heavy atom. The molecule has 0 unspecified atom stereocenters. The third-order valence-electron chi connectivity index (χ3n) is 2.81. The lowest BCUT2D eigenvalue weighted by Crippen LogP contribution is -1.95. The second-order valence-corrected chi connectivity index (χ2v) is 4.20. The van der Waals surface area contributed by atoms with Gasteiger partial charge in [-0.25, -0.2) is 0 Å². The summed E-state index contributed by atoms with van der Waals surface area (Å²) in [5.74, 6) is 1.63. The van der Waals surface area contributed by atoms with Gasteiger partial charge in [-0.2, -0.15) is 0 Å². The summed E-state index contributed by atoms with van der Waals surface area (Å²) in [7, 11) is 1.64. The lowest BCUT2D eigenvalue weighted by atomic mass is 10.2. The van der Waals surface area contributed by atoms with Gasteiger partial charge in [0.2, 0.25) is 0 Å². The van der Waals surface area contributed by atoms with E-state index in [0.717, 1.165) is 28.9 Å². The first-order valence-electron chi connectivity index (χ1n) is 6.29. The molecule has 0 heterocycles. The van der Waals surface area contributed by atoms with Crippen molar-refractivity contribution < 1.29 is 14.3 Å². The number of ether oxygens (including phenoxy) is 2. The van der Waals surface area contributed by atoms with E-state index < -0.39 is 0 Å². The molecule has 0 bridgehead atoms. The third kappa shape index (κ3) is 3.99. The minimum atomic E-state index is 0.507. The smallest absolute Gasteiger partial charge is 0.142 e. The lowest BCUT2D eigenvalue weighted by molar-refractivity contribution is -0.104. The Labute approximate surface area is 118 Å². The molecule has 2 aromatic rings. The molecule has 20 heavy (non-hydrogen) atoms. The van der Waals surface area contributed by atoms with Crippen molar-refractivity contribution in [2.45, 2.75) is 6.61 Å². The van der Waals surface area contributed by atoms with Gasteiger partial charge in [0.05, 0.1) is 7.11 Å². The molecule has 2 aromatic carbocycles. The van der Waals surface area contributed by atoms with Crippen LogP contribution in [0.15, 0.2) is 54.6 Å². The Balaban J connectivity index is 1.92. The standard InChI is InChI=1S/C17H16O3/c1-19-16-8-6-15(7-9-16)13-20-17-10-4-14(5-11-17)3-2-12-18/h2-12H,13H2,1H3/b3-2+. The molecule has 0 amide bonds. The fraction of sp³-hybridized carbons (Fsp3) is 0.118. The summed E-state index contributed by atoms with van der Waals surface area (Å²) in [4.78, 5) is 10.2. The van der Waals surface area contributed by atoms with E-state index in [1.165, 1.54) is 6.08 Å². The normalized spacial score (nSPS) is 10.4. The Morgan fingerprint density at radius 1 is 0.950 bits per heavy atom. The summed E-state index contributed by atoms with van der Waals surface area (Å²) >= 11 is 0. The average molecular weight is 268 g/mol. The van der Waals surface area contributed by atoms with Crippen LogP contribution in [0, 0.1) is 0 Å². The van der Waals surface area contributed by atoms with Crippen LogP contribution in [-0.4, -0.2) is 13.4 Å². The summed E-state index contributed by atoms with van der Waals surface area (Å²) in [6, 6.07) is 15.3. The number of carbonyl (C=O) groups excluding carboxylic acids is 1. The van der Waals surface area contributed by atoms with Gasteiger partial charge >= 0.3 is 0 Å². The van der Waals surface area contributed by atoms with E-state index in [2.05, 4.69) is 0 Å². The summed E-state index contributed by atoms with van der Waals surface area (Å²) in [5.41, 5.74) is 2.05. The number of hydrogen-bond acceptors (Lipinski definition) is 3. The van der Waals surface area contributed by atoms with Gasteiger partial charge in [-0.05, 0) is 41.5 Å². The first-order valence-corrected chi connectivity index (χ1v) is 6.29. The van der Waals surface area contributed by atoms with Crippen LogP contribution < -0.4 is 9.47 Å². The van der Waals surface area contributed by atoms with Crippen molar-refractivity contribution in [3.63, 3.8) is 0 Å². The van der Waals surface area contributed by atoms with Crippen LogP contribution in [0.4, 0.5) is 0 Å². The zero-order chi connectivity index (χ0) is 14.2. The second kappa shape index (κ2) is 7.14. The van der Waals surface area contributed by atoms with Gasteiger partial charge in [-0.15, -0.1) is 0 Å². The first kappa shape index (κ1) is 13.9.